The van der Waals surface area contributed by atoms with Crippen LogP contribution >= 0.6 is 22.6 Å². The van der Waals surface area contributed by atoms with E-state index < -0.39 is 0 Å². The van der Waals surface area contributed by atoms with Crippen molar-refractivity contribution in [3.63, 3.8) is 0 Å². The van der Waals surface area contributed by atoms with E-state index >= 15 is 0 Å². The Hall–Kier alpha value is 0.610. The average molecular weight is 258 g/mol. The number of methoxy groups -OCH3 is 1. The number of alkyl halides is 1. The Morgan fingerprint density at radius 3 is 2.80 bits per heavy atom. The number of hydrogen-bond donors (Lipinski definition) is 1. The maximum absolute atomic E-state index is 9.28. The maximum atomic E-state index is 9.28. The summed E-state index contributed by atoms with van der Waals surface area (Å²) in [5.41, 5.74) is 0. The molecule has 0 aromatic heterocycles. The number of aliphatic hydroxyl groups excluding tert-OH is 1. The predicted octanol–water partition coefficient (Wildman–Crippen LogP) is 0.544. The summed E-state index contributed by atoms with van der Waals surface area (Å²) in [7, 11) is 1.59. The zero-order valence-corrected chi connectivity index (χ0v) is 7.95. The molecule has 0 radical (unpaired) electrons. The predicted molar refractivity (Wildman–Crippen MR) is 45.2 cm³/mol. The highest BCUT2D eigenvalue weighted by molar-refractivity contribution is 14.1. The molecule has 4 heteroatoms. The molecule has 0 spiro atoms. The molecule has 1 aliphatic rings. The first-order valence-electron chi connectivity index (χ1n) is 3.20. The van der Waals surface area contributed by atoms with Crippen molar-refractivity contribution in [3.8, 4) is 0 Å². The van der Waals surface area contributed by atoms with Gasteiger partial charge >= 0.3 is 0 Å². The summed E-state index contributed by atoms with van der Waals surface area (Å²) in [5, 5.41) is 9.28. The van der Waals surface area contributed by atoms with E-state index in [2.05, 4.69) is 22.6 Å². The van der Waals surface area contributed by atoms with Gasteiger partial charge in [0, 0.05) is 18.0 Å². The SMILES string of the molecule is COC1C[C@H](O)[C@@H](CI)O1. The number of halogens is 1. The molecule has 3 atom stereocenters. The van der Waals surface area contributed by atoms with Gasteiger partial charge in [-0.25, -0.2) is 0 Å². The van der Waals surface area contributed by atoms with E-state index in [9.17, 15) is 5.11 Å². The summed E-state index contributed by atoms with van der Waals surface area (Å²) in [5.74, 6) is 0. The van der Waals surface area contributed by atoms with Crippen LogP contribution in [-0.2, 0) is 9.47 Å². The first-order chi connectivity index (χ1) is 4.77. The van der Waals surface area contributed by atoms with Crippen LogP contribution in [0.2, 0.25) is 0 Å². The molecule has 1 saturated heterocycles. The van der Waals surface area contributed by atoms with Gasteiger partial charge in [-0.2, -0.15) is 0 Å². The van der Waals surface area contributed by atoms with Gasteiger partial charge in [-0.3, -0.25) is 0 Å². The molecule has 1 aliphatic heterocycles. The Balaban J connectivity index is 2.36. The van der Waals surface area contributed by atoms with Gasteiger partial charge in [0.1, 0.15) is 0 Å². The van der Waals surface area contributed by atoms with Crippen molar-refractivity contribution >= 4 is 22.6 Å². The summed E-state index contributed by atoms with van der Waals surface area (Å²) < 4.78 is 11.0. The maximum Gasteiger partial charge on any atom is 0.160 e. The highest BCUT2D eigenvalue weighted by Crippen LogP contribution is 2.21. The molecular formula is C6H11IO3. The van der Waals surface area contributed by atoms with Crippen LogP contribution in [0.25, 0.3) is 0 Å². The standard InChI is InChI=1S/C6H11IO3/c1-9-6-2-4(8)5(3-7)10-6/h4-6,8H,2-3H2,1H3/t4-,5+,6?/m0/s1. The minimum absolute atomic E-state index is 0.0365. The van der Waals surface area contributed by atoms with E-state index in [1.165, 1.54) is 0 Å². The third-order valence-corrected chi connectivity index (χ3v) is 2.47. The normalized spacial score (nSPS) is 40.5. The van der Waals surface area contributed by atoms with Crippen molar-refractivity contribution < 1.29 is 14.6 Å². The van der Waals surface area contributed by atoms with Crippen LogP contribution in [0.4, 0.5) is 0 Å². The van der Waals surface area contributed by atoms with Gasteiger partial charge in [-0.05, 0) is 0 Å². The molecule has 60 valence electrons. The molecule has 10 heavy (non-hydrogen) atoms. The number of aliphatic hydroxyl groups is 1. The first kappa shape index (κ1) is 8.70. The van der Waals surface area contributed by atoms with Gasteiger partial charge < -0.3 is 14.6 Å². The van der Waals surface area contributed by atoms with Crippen molar-refractivity contribution in [1.29, 1.82) is 0 Å². The smallest absolute Gasteiger partial charge is 0.160 e. The zero-order chi connectivity index (χ0) is 7.56. The lowest BCUT2D eigenvalue weighted by Gasteiger charge is -2.09. The van der Waals surface area contributed by atoms with E-state index in [4.69, 9.17) is 9.47 Å². The van der Waals surface area contributed by atoms with Gasteiger partial charge in [0.25, 0.3) is 0 Å². The fourth-order valence-electron chi connectivity index (χ4n) is 0.981. The number of ether oxygens (including phenoxy) is 2. The van der Waals surface area contributed by atoms with Gasteiger partial charge in [-0.1, -0.05) is 22.6 Å². The van der Waals surface area contributed by atoms with Crippen molar-refractivity contribution in [3.05, 3.63) is 0 Å². The second-order valence-electron chi connectivity index (χ2n) is 2.30. The largest absolute Gasteiger partial charge is 0.390 e. The summed E-state index contributed by atoms with van der Waals surface area (Å²) in [6.45, 7) is 0. The van der Waals surface area contributed by atoms with Crippen molar-refractivity contribution in [2.24, 2.45) is 0 Å². The van der Waals surface area contributed by atoms with Gasteiger partial charge in [0.2, 0.25) is 0 Å². The highest BCUT2D eigenvalue weighted by Gasteiger charge is 2.32. The zero-order valence-electron chi connectivity index (χ0n) is 5.79. The van der Waals surface area contributed by atoms with E-state index in [0.717, 1.165) is 4.43 Å². The Bertz CT molecular complexity index is 109. The summed E-state index contributed by atoms with van der Waals surface area (Å²) in [6, 6.07) is 0. The van der Waals surface area contributed by atoms with Crippen molar-refractivity contribution in [1.82, 2.24) is 0 Å². The van der Waals surface area contributed by atoms with Crippen LogP contribution in [0, 0.1) is 0 Å². The first-order valence-corrected chi connectivity index (χ1v) is 4.72. The fourth-order valence-corrected chi connectivity index (χ4v) is 1.78. The molecule has 1 unspecified atom stereocenters. The molecule has 0 amide bonds. The van der Waals surface area contributed by atoms with Crippen LogP contribution in [0.5, 0.6) is 0 Å². The van der Waals surface area contributed by atoms with E-state index in [-0.39, 0.29) is 18.5 Å². The molecule has 0 saturated carbocycles. The Morgan fingerprint density at radius 2 is 2.50 bits per heavy atom. The molecule has 0 bridgehead atoms. The minimum atomic E-state index is -0.346. The van der Waals surface area contributed by atoms with E-state index in [1.807, 2.05) is 0 Å². The van der Waals surface area contributed by atoms with Crippen LogP contribution in [-0.4, -0.2) is 35.1 Å². The number of hydrogen-bond acceptors (Lipinski definition) is 3. The fraction of sp³-hybridized carbons (Fsp3) is 1.00. The number of rotatable bonds is 2. The average Bonchev–Trinajstić information content (AvgIpc) is 2.30. The molecule has 0 aromatic carbocycles. The third-order valence-electron chi connectivity index (χ3n) is 1.60. The molecule has 1 fully saturated rings. The van der Waals surface area contributed by atoms with Gasteiger partial charge in [0.15, 0.2) is 6.29 Å². The summed E-state index contributed by atoms with van der Waals surface area (Å²) in [6.07, 6.45) is 0.0200. The molecule has 3 nitrogen and oxygen atoms in total. The van der Waals surface area contributed by atoms with E-state index in [1.54, 1.807) is 7.11 Å². The van der Waals surface area contributed by atoms with Crippen LogP contribution < -0.4 is 0 Å². The Labute approximate surface area is 73.8 Å². The van der Waals surface area contributed by atoms with Crippen LogP contribution in [0.3, 0.4) is 0 Å². The lowest BCUT2D eigenvalue weighted by molar-refractivity contribution is -0.110. The molecular weight excluding hydrogens is 247 g/mol. The Kier molecular flexibility index (Phi) is 3.35. The second-order valence-corrected chi connectivity index (χ2v) is 3.18. The lowest BCUT2D eigenvalue weighted by Crippen LogP contribution is -2.21. The highest BCUT2D eigenvalue weighted by atomic mass is 127. The molecule has 1 N–H and O–H groups in total. The van der Waals surface area contributed by atoms with Crippen LogP contribution in [0.15, 0.2) is 0 Å². The molecule has 1 rings (SSSR count). The quantitative estimate of drug-likeness (QED) is 0.580. The minimum Gasteiger partial charge on any atom is -0.390 e. The monoisotopic (exact) mass is 258 g/mol. The third kappa shape index (κ3) is 1.81. The van der Waals surface area contributed by atoms with Crippen molar-refractivity contribution in [2.45, 2.75) is 24.9 Å². The van der Waals surface area contributed by atoms with Gasteiger partial charge in [0.05, 0.1) is 12.2 Å². The Morgan fingerprint density at radius 1 is 1.80 bits per heavy atom. The molecule has 0 aromatic rings. The topological polar surface area (TPSA) is 38.7 Å². The molecule has 1 heterocycles. The van der Waals surface area contributed by atoms with Crippen LogP contribution in [0.1, 0.15) is 6.42 Å². The molecule has 0 aliphatic carbocycles. The summed E-state index contributed by atoms with van der Waals surface area (Å²) in [4.78, 5) is 0. The van der Waals surface area contributed by atoms with Gasteiger partial charge in [-0.15, -0.1) is 0 Å². The van der Waals surface area contributed by atoms with Crippen molar-refractivity contribution in [2.75, 3.05) is 11.5 Å². The lowest BCUT2D eigenvalue weighted by atomic mass is 10.2. The second kappa shape index (κ2) is 3.85. The van der Waals surface area contributed by atoms with E-state index in [0.29, 0.717) is 6.42 Å². The summed E-state index contributed by atoms with van der Waals surface area (Å²) >= 11 is 2.19.